The summed E-state index contributed by atoms with van der Waals surface area (Å²) in [7, 11) is 0. The molecular formula is C12H7BrCl2F2S. The van der Waals surface area contributed by atoms with Gasteiger partial charge in [-0.3, -0.25) is 0 Å². The molecule has 1 heterocycles. The second kappa shape index (κ2) is 5.45. The number of hydrogen-bond donors (Lipinski definition) is 0. The monoisotopic (exact) mass is 370 g/mol. The summed E-state index contributed by atoms with van der Waals surface area (Å²) in [6.07, 6.45) is 0. The third-order valence-electron chi connectivity index (χ3n) is 2.49. The van der Waals surface area contributed by atoms with Gasteiger partial charge in [0.2, 0.25) is 0 Å². The summed E-state index contributed by atoms with van der Waals surface area (Å²) < 4.78 is 28.8. The van der Waals surface area contributed by atoms with Crippen molar-refractivity contribution < 1.29 is 8.78 Å². The number of rotatable bonds is 2. The topological polar surface area (TPSA) is 0 Å². The molecule has 1 aromatic heterocycles. The molecule has 0 radical (unpaired) electrons. The number of thiophene rings is 1. The summed E-state index contributed by atoms with van der Waals surface area (Å²) in [5, 5.41) is -0.890. The van der Waals surface area contributed by atoms with Crippen LogP contribution < -0.4 is 0 Å². The Labute approximate surface area is 126 Å². The Kier molecular flexibility index (Phi) is 4.32. The lowest BCUT2D eigenvalue weighted by molar-refractivity contribution is 0.554. The summed E-state index contributed by atoms with van der Waals surface area (Å²) in [5.74, 6) is -1.27. The average molecular weight is 372 g/mol. The van der Waals surface area contributed by atoms with E-state index in [-0.39, 0.29) is 5.56 Å². The van der Waals surface area contributed by atoms with Crippen LogP contribution in [0.15, 0.2) is 22.7 Å². The van der Waals surface area contributed by atoms with Crippen LogP contribution in [0.5, 0.6) is 0 Å². The number of halogens is 5. The Morgan fingerprint density at radius 2 is 2.00 bits per heavy atom. The molecule has 0 aliphatic rings. The highest BCUT2D eigenvalue weighted by atomic mass is 79.9. The van der Waals surface area contributed by atoms with Gasteiger partial charge < -0.3 is 0 Å². The Hall–Kier alpha value is -0.160. The first-order valence-corrected chi connectivity index (χ1v) is 7.37. The fourth-order valence-electron chi connectivity index (χ4n) is 1.54. The van der Waals surface area contributed by atoms with Crippen LogP contribution in [0.1, 0.15) is 21.4 Å². The Balaban J connectivity index is 2.52. The van der Waals surface area contributed by atoms with Crippen LogP contribution in [-0.2, 0) is 0 Å². The summed E-state index contributed by atoms with van der Waals surface area (Å²) in [5.41, 5.74) is 0.223. The highest BCUT2D eigenvalue weighted by molar-refractivity contribution is 9.10. The van der Waals surface area contributed by atoms with Gasteiger partial charge >= 0.3 is 0 Å². The molecule has 0 bridgehead atoms. The number of benzene rings is 1. The van der Waals surface area contributed by atoms with E-state index in [0.29, 0.717) is 19.2 Å². The normalized spacial score (nSPS) is 12.8. The molecule has 0 fully saturated rings. The molecule has 0 nitrogen and oxygen atoms in total. The SMILES string of the molecule is Cc1ccc(F)c(C(Cl)c2cc(Br)c(Cl)s2)c1F. The average Bonchev–Trinajstić information content (AvgIpc) is 2.65. The number of hydrogen-bond acceptors (Lipinski definition) is 1. The van der Waals surface area contributed by atoms with Crippen LogP contribution in [-0.4, -0.2) is 0 Å². The van der Waals surface area contributed by atoms with Crippen molar-refractivity contribution in [3.63, 3.8) is 0 Å². The lowest BCUT2D eigenvalue weighted by atomic mass is 10.1. The first kappa shape index (κ1) is 14.3. The van der Waals surface area contributed by atoms with Crippen molar-refractivity contribution >= 4 is 50.5 Å². The maximum Gasteiger partial charge on any atom is 0.134 e. The van der Waals surface area contributed by atoms with Gasteiger partial charge in [0, 0.05) is 14.9 Å². The van der Waals surface area contributed by atoms with Crippen LogP contribution in [0.3, 0.4) is 0 Å². The zero-order chi connectivity index (χ0) is 13.4. The van der Waals surface area contributed by atoms with Crippen LogP contribution >= 0.6 is 50.5 Å². The lowest BCUT2D eigenvalue weighted by Gasteiger charge is -2.11. The van der Waals surface area contributed by atoms with E-state index in [0.717, 1.165) is 0 Å². The van der Waals surface area contributed by atoms with E-state index in [1.165, 1.54) is 23.5 Å². The lowest BCUT2D eigenvalue weighted by Crippen LogP contribution is -2.01. The Bertz CT molecular complexity index is 579. The Morgan fingerprint density at radius 1 is 1.33 bits per heavy atom. The van der Waals surface area contributed by atoms with E-state index in [9.17, 15) is 8.78 Å². The molecule has 0 amide bonds. The molecule has 96 valence electrons. The molecule has 0 aliphatic carbocycles. The molecule has 0 saturated heterocycles. The van der Waals surface area contributed by atoms with E-state index in [2.05, 4.69) is 15.9 Å². The number of aryl methyl sites for hydroxylation is 1. The van der Waals surface area contributed by atoms with Gasteiger partial charge in [-0.25, -0.2) is 8.78 Å². The zero-order valence-electron chi connectivity index (χ0n) is 9.11. The third kappa shape index (κ3) is 2.57. The summed E-state index contributed by atoms with van der Waals surface area (Å²) in [4.78, 5) is 0.594. The molecule has 0 aliphatic heterocycles. The van der Waals surface area contributed by atoms with E-state index in [1.807, 2.05) is 0 Å². The predicted octanol–water partition coefficient (Wildman–Crippen LogP) is 6.08. The molecule has 2 aromatic rings. The second-order valence-electron chi connectivity index (χ2n) is 3.72. The van der Waals surface area contributed by atoms with Crippen molar-refractivity contribution in [2.24, 2.45) is 0 Å². The molecule has 1 atom stereocenters. The molecule has 6 heteroatoms. The van der Waals surface area contributed by atoms with Crippen LogP contribution in [0, 0.1) is 18.6 Å². The molecular weight excluding hydrogens is 365 g/mol. The van der Waals surface area contributed by atoms with Gasteiger partial charge in [0.25, 0.3) is 0 Å². The minimum absolute atomic E-state index is 0.137. The minimum atomic E-state index is -0.890. The fraction of sp³-hybridized carbons (Fsp3) is 0.167. The van der Waals surface area contributed by atoms with E-state index >= 15 is 0 Å². The Morgan fingerprint density at radius 3 is 2.56 bits per heavy atom. The van der Waals surface area contributed by atoms with Gasteiger partial charge in [0.15, 0.2) is 0 Å². The second-order valence-corrected chi connectivity index (χ2v) is 6.70. The van der Waals surface area contributed by atoms with E-state index < -0.39 is 17.0 Å². The van der Waals surface area contributed by atoms with E-state index in [1.54, 1.807) is 13.0 Å². The van der Waals surface area contributed by atoms with Crippen molar-refractivity contribution in [1.29, 1.82) is 0 Å². The predicted molar refractivity (Wildman–Crippen MR) is 75.8 cm³/mol. The maximum absolute atomic E-state index is 13.9. The van der Waals surface area contributed by atoms with Crippen molar-refractivity contribution in [3.05, 3.63) is 54.6 Å². The van der Waals surface area contributed by atoms with Gasteiger partial charge in [0.1, 0.15) is 16.0 Å². The number of alkyl halides is 1. The molecule has 1 unspecified atom stereocenters. The van der Waals surface area contributed by atoms with Crippen LogP contribution in [0.4, 0.5) is 8.78 Å². The van der Waals surface area contributed by atoms with Gasteiger partial charge in [-0.2, -0.15) is 0 Å². The first-order valence-electron chi connectivity index (χ1n) is 4.95. The van der Waals surface area contributed by atoms with Crippen LogP contribution in [0.2, 0.25) is 4.34 Å². The van der Waals surface area contributed by atoms with Gasteiger partial charge in [-0.15, -0.1) is 22.9 Å². The molecule has 18 heavy (non-hydrogen) atoms. The summed E-state index contributed by atoms with van der Waals surface area (Å²) in [6, 6.07) is 4.27. The van der Waals surface area contributed by atoms with Gasteiger partial charge in [-0.1, -0.05) is 17.7 Å². The van der Waals surface area contributed by atoms with Crippen molar-refractivity contribution in [2.75, 3.05) is 0 Å². The van der Waals surface area contributed by atoms with Gasteiger partial charge in [0.05, 0.1) is 5.38 Å². The molecule has 0 saturated carbocycles. The summed E-state index contributed by atoms with van der Waals surface area (Å²) in [6.45, 7) is 1.57. The van der Waals surface area contributed by atoms with Crippen LogP contribution in [0.25, 0.3) is 0 Å². The fourth-order valence-corrected chi connectivity index (χ4v) is 3.66. The molecule has 0 spiro atoms. The van der Waals surface area contributed by atoms with Crippen molar-refractivity contribution in [2.45, 2.75) is 12.3 Å². The van der Waals surface area contributed by atoms with Gasteiger partial charge in [-0.05, 0) is 40.5 Å². The molecule has 2 rings (SSSR count). The van der Waals surface area contributed by atoms with Crippen molar-refractivity contribution in [3.8, 4) is 0 Å². The summed E-state index contributed by atoms with van der Waals surface area (Å²) >= 11 is 16.5. The quantitative estimate of drug-likeness (QED) is 0.561. The maximum atomic E-state index is 13.9. The molecule has 0 N–H and O–H groups in total. The zero-order valence-corrected chi connectivity index (χ0v) is 13.0. The highest BCUT2D eigenvalue weighted by Gasteiger charge is 2.23. The highest BCUT2D eigenvalue weighted by Crippen LogP contribution is 2.41. The smallest absolute Gasteiger partial charge is 0.134 e. The standard InChI is InChI=1S/C12H7BrCl2F2S/c1-5-2-3-7(16)9(11(5)17)10(14)8-4-6(13)12(15)18-8/h2-4,10H,1H3. The largest absolute Gasteiger partial charge is 0.207 e. The molecule has 1 aromatic carbocycles. The third-order valence-corrected chi connectivity index (χ3v) is 5.61. The van der Waals surface area contributed by atoms with E-state index in [4.69, 9.17) is 23.2 Å². The first-order chi connectivity index (χ1) is 8.41. The van der Waals surface area contributed by atoms with Crippen molar-refractivity contribution in [1.82, 2.24) is 0 Å². The minimum Gasteiger partial charge on any atom is -0.207 e.